The Morgan fingerprint density at radius 1 is 1.03 bits per heavy atom. The predicted octanol–water partition coefficient (Wildman–Crippen LogP) is 4.23. The highest BCUT2D eigenvalue weighted by molar-refractivity contribution is 5.96. The topological polar surface area (TPSA) is 61.9 Å². The van der Waals surface area contributed by atoms with Gasteiger partial charge in [-0.15, -0.1) is 0 Å². The molecule has 1 saturated heterocycles. The summed E-state index contributed by atoms with van der Waals surface area (Å²) in [6.07, 6.45) is -4.92. The lowest BCUT2D eigenvalue weighted by atomic mass is 10.1. The first kappa shape index (κ1) is 22.6. The number of halogens is 3. The van der Waals surface area contributed by atoms with Gasteiger partial charge in [0, 0.05) is 44.0 Å². The molecule has 0 atom stereocenters. The highest BCUT2D eigenvalue weighted by Gasteiger charge is 2.30. The maximum atomic E-state index is 12.8. The molecular weight excluding hydrogens is 411 g/mol. The second-order valence-corrected chi connectivity index (χ2v) is 7.19. The Morgan fingerprint density at radius 2 is 1.71 bits per heavy atom. The minimum absolute atomic E-state index is 0.137. The first-order chi connectivity index (χ1) is 14.8. The van der Waals surface area contributed by atoms with E-state index in [1.54, 1.807) is 36.1 Å². The summed E-state index contributed by atoms with van der Waals surface area (Å²) in [6.45, 7) is 4.74. The maximum Gasteiger partial charge on any atom is 0.416 e. The third kappa shape index (κ3) is 6.21. The molecule has 0 unspecified atom stereocenters. The van der Waals surface area contributed by atoms with Crippen molar-refractivity contribution in [1.29, 1.82) is 0 Å². The number of hydrogen-bond donors (Lipinski definition) is 1. The standard InChI is InChI=1S/C22H24F3N3O3/c1-2-31-21(30)26-19-5-3-4-17(14-19)20(29)28-12-10-27(11-13-28)15-16-6-8-18(9-7-16)22(23,24)25/h3-9,14H,2,10-13,15H2,1H3,(H,26,30). The Bertz CT molecular complexity index is 908. The molecule has 2 aromatic rings. The third-order valence-electron chi connectivity index (χ3n) is 4.98. The first-order valence-corrected chi connectivity index (χ1v) is 9.98. The quantitative estimate of drug-likeness (QED) is 0.764. The van der Waals surface area contributed by atoms with Crippen LogP contribution in [-0.2, 0) is 17.5 Å². The van der Waals surface area contributed by atoms with E-state index < -0.39 is 17.8 Å². The monoisotopic (exact) mass is 435 g/mol. The van der Waals surface area contributed by atoms with Crippen molar-refractivity contribution in [1.82, 2.24) is 9.80 Å². The molecule has 0 aromatic heterocycles. The zero-order valence-electron chi connectivity index (χ0n) is 17.1. The smallest absolute Gasteiger partial charge is 0.416 e. The number of carbonyl (C=O) groups excluding carboxylic acids is 2. The highest BCUT2D eigenvalue weighted by Crippen LogP contribution is 2.29. The molecule has 0 radical (unpaired) electrons. The summed E-state index contributed by atoms with van der Waals surface area (Å²) in [5, 5.41) is 2.58. The lowest BCUT2D eigenvalue weighted by Crippen LogP contribution is -2.48. The molecule has 0 spiro atoms. The summed E-state index contributed by atoms with van der Waals surface area (Å²) in [6, 6.07) is 11.8. The van der Waals surface area contributed by atoms with Crippen LogP contribution in [-0.4, -0.2) is 54.6 Å². The van der Waals surface area contributed by atoms with Crippen LogP contribution in [0.5, 0.6) is 0 Å². The van der Waals surface area contributed by atoms with E-state index in [1.165, 1.54) is 12.1 Å². The molecule has 1 heterocycles. The largest absolute Gasteiger partial charge is 0.450 e. The molecule has 2 aromatic carbocycles. The van der Waals surface area contributed by atoms with Gasteiger partial charge in [0.05, 0.1) is 12.2 Å². The molecule has 1 fully saturated rings. The molecule has 3 rings (SSSR count). The van der Waals surface area contributed by atoms with Gasteiger partial charge < -0.3 is 9.64 Å². The highest BCUT2D eigenvalue weighted by atomic mass is 19.4. The van der Waals surface area contributed by atoms with Crippen molar-refractivity contribution >= 4 is 17.7 Å². The number of hydrogen-bond acceptors (Lipinski definition) is 4. The number of anilines is 1. The molecule has 1 aliphatic heterocycles. The Balaban J connectivity index is 1.53. The second-order valence-electron chi connectivity index (χ2n) is 7.19. The van der Waals surface area contributed by atoms with E-state index in [2.05, 4.69) is 10.2 Å². The van der Waals surface area contributed by atoms with E-state index in [1.807, 2.05) is 0 Å². The number of benzene rings is 2. The van der Waals surface area contributed by atoms with Crippen molar-refractivity contribution in [3.63, 3.8) is 0 Å². The average molecular weight is 435 g/mol. The van der Waals surface area contributed by atoms with E-state index in [0.29, 0.717) is 44.0 Å². The summed E-state index contributed by atoms with van der Waals surface area (Å²) in [5.41, 5.74) is 1.08. The summed E-state index contributed by atoms with van der Waals surface area (Å²) in [5.74, 6) is -0.137. The fraction of sp³-hybridized carbons (Fsp3) is 0.364. The van der Waals surface area contributed by atoms with E-state index in [-0.39, 0.29) is 12.5 Å². The minimum Gasteiger partial charge on any atom is -0.450 e. The lowest BCUT2D eigenvalue weighted by Gasteiger charge is -2.35. The molecule has 0 bridgehead atoms. The summed E-state index contributed by atoms with van der Waals surface area (Å²) in [4.78, 5) is 28.2. The van der Waals surface area contributed by atoms with Gasteiger partial charge in [-0.25, -0.2) is 4.79 Å². The van der Waals surface area contributed by atoms with Gasteiger partial charge in [-0.2, -0.15) is 13.2 Å². The van der Waals surface area contributed by atoms with Crippen molar-refractivity contribution in [2.75, 3.05) is 38.1 Å². The van der Waals surface area contributed by atoms with Crippen LogP contribution in [0.15, 0.2) is 48.5 Å². The molecule has 9 heteroatoms. The minimum atomic E-state index is -4.34. The first-order valence-electron chi connectivity index (χ1n) is 9.98. The number of rotatable bonds is 5. The van der Waals surface area contributed by atoms with Crippen LogP contribution in [0.4, 0.5) is 23.7 Å². The predicted molar refractivity (Wildman–Crippen MR) is 110 cm³/mol. The third-order valence-corrected chi connectivity index (χ3v) is 4.98. The van der Waals surface area contributed by atoms with E-state index in [9.17, 15) is 22.8 Å². The second kappa shape index (κ2) is 9.82. The number of ether oxygens (including phenoxy) is 1. The van der Waals surface area contributed by atoms with Crippen LogP contribution < -0.4 is 5.32 Å². The molecule has 2 amide bonds. The van der Waals surface area contributed by atoms with Gasteiger partial charge in [0.2, 0.25) is 0 Å². The van der Waals surface area contributed by atoms with Gasteiger partial charge in [0.1, 0.15) is 0 Å². The molecule has 0 saturated carbocycles. The Hall–Kier alpha value is -3.07. The Morgan fingerprint density at radius 3 is 2.32 bits per heavy atom. The molecule has 6 nitrogen and oxygen atoms in total. The normalized spacial score (nSPS) is 14.9. The molecule has 1 N–H and O–H groups in total. The number of nitrogens with one attached hydrogen (secondary N) is 1. The van der Waals surface area contributed by atoms with Crippen molar-refractivity contribution in [3.8, 4) is 0 Å². The molecular formula is C22H24F3N3O3. The van der Waals surface area contributed by atoms with Crippen molar-refractivity contribution < 1.29 is 27.5 Å². The lowest BCUT2D eigenvalue weighted by molar-refractivity contribution is -0.137. The average Bonchev–Trinajstić information content (AvgIpc) is 2.74. The van der Waals surface area contributed by atoms with Gasteiger partial charge in [0.25, 0.3) is 5.91 Å². The Labute approximate surface area is 178 Å². The fourth-order valence-corrected chi connectivity index (χ4v) is 3.36. The van der Waals surface area contributed by atoms with Gasteiger partial charge in [-0.1, -0.05) is 18.2 Å². The van der Waals surface area contributed by atoms with Crippen LogP contribution >= 0.6 is 0 Å². The Kier molecular flexibility index (Phi) is 7.17. The maximum absolute atomic E-state index is 12.8. The summed E-state index contributed by atoms with van der Waals surface area (Å²) in [7, 11) is 0. The number of nitrogens with zero attached hydrogens (tertiary/aromatic N) is 2. The number of piperazine rings is 1. The van der Waals surface area contributed by atoms with E-state index >= 15 is 0 Å². The molecule has 1 aliphatic rings. The van der Waals surface area contributed by atoms with E-state index in [0.717, 1.165) is 17.7 Å². The van der Waals surface area contributed by atoms with Gasteiger partial charge in [-0.3, -0.25) is 15.0 Å². The van der Waals surface area contributed by atoms with Crippen LogP contribution in [0.25, 0.3) is 0 Å². The van der Waals surface area contributed by atoms with Crippen molar-refractivity contribution in [2.45, 2.75) is 19.6 Å². The molecule has 0 aliphatic carbocycles. The van der Waals surface area contributed by atoms with Crippen LogP contribution in [0.1, 0.15) is 28.4 Å². The number of alkyl halides is 3. The van der Waals surface area contributed by atoms with Crippen LogP contribution in [0.3, 0.4) is 0 Å². The summed E-state index contributed by atoms with van der Waals surface area (Å²) >= 11 is 0. The van der Waals surface area contributed by atoms with Crippen LogP contribution in [0.2, 0.25) is 0 Å². The van der Waals surface area contributed by atoms with Crippen molar-refractivity contribution in [2.24, 2.45) is 0 Å². The number of carbonyl (C=O) groups is 2. The zero-order chi connectivity index (χ0) is 22.4. The summed E-state index contributed by atoms with van der Waals surface area (Å²) < 4.78 is 42.9. The SMILES string of the molecule is CCOC(=O)Nc1cccc(C(=O)N2CCN(Cc3ccc(C(F)(F)F)cc3)CC2)c1. The fourth-order valence-electron chi connectivity index (χ4n) is 3.36. The van der Waals surface area contributed by atoms with Gasteiger partial charge >= 0.3 is 12.3 Å². The zero-order valence-corrected chi connectivity index (χ0v) is 17.1. The van der Waals surface area contributed by atoms with Gasteiger partial charge in [-0.05, 0) is 42.8 Å². The molecule has 166 valence electrons. The van der Waals surface area contributed by atoms with Gasteiger partial charge in [0.15, 0.2) is 0 Å². The van der Waals surface area contributed by atoms with E-state index in [4.69, 9.17) is 4.74 Å². The number of amides is 2. The van der Waals surface area contributed by atoms with Crippen molar-refractivity contribution in [3.05, 3.63) is 65.2 Å². The molecule has 31 heavy (non-hydrogen) atoms. The van der Waals surface area contributed by atoms with Crippen LogP contribution in [0, 0.1) is 0 Å².